The number of nitrogens with zero attached hydrogens (tertiary/aromatic N) is 7. The number of rotatable bonds is 9. The molecule has 6 rings (SSSR count). The van der Waals surface area contributed by atoms with Gasteiger partial charge >= 0.3 is 5.97 Å². The minimum atomic E-state index is -2.27. The predicted octanol–water partition coefficient (Wildman–Crippen LogP) is 6.68. The standard InChI is InChI=1S/C37H42FN7O4S/c1-34(2,3)27-15-14-26(20-29(27)48-7)32(46)45-30(31-39-17-19-50-31)36(38,23-44-21-28(41-42-44)25-12-9-8-10-13-25)22-37(45,24-43-18-11-16-40-43)33(47)49-35(4,5)6/h8-21,30H,22-24H2,1-7H3. The Labute approximate surface area is 295 Å². The van der Waals surface area contributed by atoms with Crippen LogP contribution >= 0.6 is 11.3 Å². The molecule has 11 nitrogen and oxygen atoms in total. The summed E-state index contributed by atoms with van der Waals surface area (Å²) in [6, 6.07) is 15.0. The van der Waals surface area contributed by atoms with Crippen molar-refractivity contribution >= 4 is 23.2 Å². The van der Waals surface area contributed by atoms with Crippen molar-refractivity contribution in [3.8, 4) is 17.0 Å². The zero-order valence-corrected chi connectivity index (χ0v) is 30.1. The van der Waals surface area contributed by atoms with Crippen LogP contribution in [-0.4, -0.2) is 70.5 Å². The number of likely N-dealkylation sites (tertiary alicyclic amines) is 1. The van der Waals surface area contributed by atoms with Crippen LogP contribution in [0, 0.1) is 0 Å². The zero-order chi connectivity index (χ0) is 35.9. The Morgan fingerprint density at radius 1 is 1.00 bits per heavy atom. The van der Waals surface area contributed by atoms with E-state index in [-0.39, 0.29) is 24.1 Å². The van der Waals surface area contributed by atoms with E-state index < -0.39 is 41.1 Å². The molecule has 5 aromatic rings. The highest BCUT2D eigenvalue weighted by Crippen LogP contribution is 2.55. The summed E-state index contributed by atoms with van der Waals surface area (Å²) in [6.45, 7) is 10.9. The number of esters is 1. The van der Waals surface area contributed by atoms with Crippen LogP contribution in [0.3, 0.4) is 0 Å². The lowest BCUT2D eigenvalue weighted by Crippen LogP contribution is -2.58. The number of thiazole rings is 1. The molecule has 1 aliphatic rings. The number of carbonyl (C=O) groups is 2. The Hall–Kier alpha value is -4.91. The van der Waals surface area contributed by atoms with E-state index in [1.807, 2.05) is 57.2 Å². The quantitative estimate of drug-likeness (QED) is 0.157. The van der Waals surface area contributed by atoms with Gasteiger partial charge in [0.1, 0.15) is 28.1 Å². The number of hydrogen-bond donors (Lipinski definition) is 0. The second-order valence-electron chi connectivity index (χ2n) is 14.7. The number of ether oxygens (including phenoxy) is 2. The maximum Gasteiger partial charge on any atom is 0.334 e. The molecule has 2 aromatic carbocycles. The minimum Gasteiger partial charge on any atom is -0.496 e. The van der Waals surface area contributed by atoms with Crippen molar-refractivity contribution < 1.29 is 23.5 Å². The van der Waals surface area contributed by atoms with Gasteiger partial charge in [0.15, 0.2) is 11.2 Å². The van der Waals surface area contributed by atoms with E-state index in [0.29, 0.717) is 16.5 Å². The van der Waals surface area contributed by atoms with Gasteiger partial charge in [-0.05, 0) is 49.9 Å². The van der Waals surface area contributed by atoms with Crippen LogP contribution in [0.25, 0.3) is 11.3 Å². The van der Waals surface area contributed by atoms with Gasteiger partial charge in [-0.25, -0.2) is 18.9 Å². The Balaban J connectivity index is 1.55. The molecule has 50 heavy (non-hydrogen) atoms. The average molecular weight is 700 g/mol. The molecule has 3 aromatic heterocycles. The number of hydrogen-bond acceptors (Lipinski definition) is 9. The predicted molar refractivity (Wildman–Crippen MR) is 187 cm³/mol. The molecular weight excluding hydrogens is 658 g/mol. The second-order valence-corrected chi connectivity index (χ2v) is 15.7. The van der Waals surface area contributed by atoms with E-state index in [4.69, 9.17) is 9.47 Å². The third kappa shape index (κ3) is 6.78. The normalized spacial score (nSPS) is 21.0. The minimum absolute atomic E-state index is 0.169. The number of carbonyl (C=O) groups excluding carboxylic acids is 2. The topological polar surface area (TPSA) is 117 Å². The van der Waals surface area contributed by atoms with Gasteiger partial charge in [-0.15, -0.1) is 16.4 Å². The summed E-state index contributed by atoms with van der Waals surface area (Å²) in [4.78, 5) is 35.7. The monoisotopic (exact) mass is 699 g/mol. The van der Waals surface area contributed by atoms with Crippen molar-refractivity contribution in [2.24, 2.45) is 0 Å². The van der Waals surface area contributed by atoms with Crippen molar-refractivity contribution in [2.75, 3.05) is 7.11 Å². The fourth-order valence-corrected chi connectivity index (χ4v) is 7.50. The average Bonchev–Trinajstić information content (AvgIpc) is 3.88. The molecule has 0 aliphatic carbocycles. The van der Waals surface area contributed by atoms with Crippen LogP contribution in [-0.2, 0) is 28.0 Å². The molecule has 1 saturated heterocycles. The fraction of sp³-hybridized carbons (Fsp3) is 0.405. The van der Waals surface area contributed by atoms with E-state index in [1.165, 1.54) is 25.6 Å². The lowest BCUT2D eigenvalue weighted by Gasteiger charge is -2.40. The van der Waals surface area contributed by atoms with Gasteiger partial charge < -0.3 is 14.4 Å². The molecule has 13 heteroatoms. The highest BCUT2D eigenvalue weighted by atomic mass is 32.1. The third-order valence-corrected chi connectivity index (χ3v) is 9.58. The molecule has 0 saturated carbocycles. The van der Waals surface area contributed by atoms with Gasteiger partial charge in [-0.1, -0.05) is 62.4 Å². The van der Waals surface area contributed by atoms with Gasteiger partial charge in [-0.2, -0.15) is 5.10 Å². The van der Waals surface area contributed by atoms with Crippen LogP contribution in [0.2, 0.25) is 0 Å². The number of amides is 1. The molecule has 0 radical (unpaired) electrons. The maximum absolute atomic E-state index is 18.5. The largest absolute Gasteiger partial charge is 0.496 e. The first kappa shape index (κ1) is 34.9. The van der Waals surface area contributed by atoms with Crippen LogP contribution in [0.15, 0.2) is 84.8 Å². The Morgan fingerprint density at radius 2 is 1.76 bits per heavy atom. The summed E-state index contributed by atoms with van der Waals surface area (Å²) in [5, 5.41) is 15.0. The van der Waals surface area contributed by atoms with Crippen LogP contribution in [0.5, 0.6) is 5.75 Å². The highest BCUT2D eigenvalue weighted by Gasteiger charge is 2.68. The van der Waals surface area contributed by atoms with E-state index >= 15 is 9.18 Å². The molecule has 3 atom stereocenters. The first-order chi connectivity index (χ1) is 23.6. The van der Waals surface area contributed by atoms with Crippen LogP contribution in [0.1, 0.15) is 74.9 Å². The summed E-state index contributed by atoms with van der Waals surface area (Å²) in [5.41, 5.74) is -2.86. The van der Waals surface area contributed by atoms with Crippen LogP contribution < -0.4 is 4.74 Å². The molecule has 4 heterocycles. The van der Waals surface area contributed by atoms with Gasteiger partial charge in [0.25, 0.3) is 5.91 Å². The van der Waals surface area contributed by atoms with Gasteiger partial charge in [0.2, 0.25) is 0 Å². The first-order valence-electron chi connectivity index (χ1n) is 16.4. The summed E-state index contributed by atoms with van der Waals surface area (Å²) in [7, 11) is 1.55. The van der Waals surface area contributed by atoms with Crippen molar-refractivity contribution in [3.63, 3.8) is 0 Å². The lowest BCUT2D eigenvalue weighted by molar-refractivity contribution is -0.168. The van der Waals surface area contributed by atoms with Crippen LogP contribution in [0.4, 0.5) is 4.39 Å². The first-order valence-corrected chi connectivity index (χ1v) is 17.3. The van der Waals surface area contributed by atoms with Crippen molar-refractivity contribution in [3.05, 3.63) is 101 Å². The van der Waals surface area contributed by atoms with Crippen molar-refractivity contribution in [2.45, 2.75) is 89.3 Å². The summed E-state index contributed by atoms with van der Waals surface area (Å²) in [6.07, 6.45) is 6.05. The molecular formula is C37H42FN7O4S. The summed E-state index contributed by atoms with van der Waals surface area (Å²) >= 11 is 1.21. The number of alkyl halides is 1. The molecule has 0 bridgehead atoms. The Bertz CT molecular complexity index is 1950. The summed E-state index contributed by atoms with van der Waals surface area (Å²) in [5.74, 6) is -0.826. The summed E-state index contributed by atoms with van der Waals surface area (Å²) < 4.78 is 33.2. The van der Waals surface area contributed by atoms with Crippen molar-refractivity contribution in [1.29, 1.82) is 0 Å². The molecule has 1 aliphatic heterocycles. The van der Waals surface area contributed by atoms with E-state index in [0.717, 1.165) is 11.1 Å². The molecule has 1 fully saturated rings. The highest BCUT2D eigenvalue weighted by molar-refractivity contribution is 7.09. The second kappa shape index (κ2) is 13.1. The molecule has 0 N–H and O–H groups in total. The molecule has 0 spiro atoms. The van der Waals surface area contributed by atoms with E-state index in [1.54, 1.807) is 76.2 Å². The number of benzene rings is 2. The number of aromatic nitrogens is 6. The molecule has 3 unspecified atom stereocenters. The van der Waals surface area contributed by atoms with Gasteiger partial charge in [0.05, 0.1) is 26.4 Å². The lowest BCUT2D eigenvalue weighted by atomic mass is 9.85. The Kier molecular flexibility index (Phi) is 9.14. The fourth-order valence-electron chi connectivity index (χ4n) is 6.67. The van der Waals surface area contributed by atoms with Gasteiger partial charge in [0, 0.05) is 41.5 Å². The maximum atomic E-state index is 18.5. The number of halogens is 1. The smallest absolute Gasteiger partial charge is 0.334 e. The van der Waals surface area contributed by atoms with Crippen molar-refractivity contribution in [1.82, 2.24) is 34.7 Å². The molecule has 262 valence electrons. The van der Waals surface area contributed by atoms with E-state index in [2.05, 4.69) is 20.4 Å². The molecule has 1 amide bonds. The SMILES string of the molecule is COc1cc(C(=O)N2C(c3nccs3)C(F)(Cn3cc(-c4ccccc4)nn3)CC2(Cn2cccn2)C(=O)OC(C)(C)C)ccc1C(C)(C)C. The Morgan fingerprint density at radius 3 is 2.38 bits per heavy atom. The number of methoxy groups -OCH3 is 1. The third-order valence-electron chi connectivity index (χ3n) is 8.75. The zero-order valence-electron chi connectivity index (χ0n) is 29.3. The van der Waals surface area contributed by atoms with E-state index in [9.17, 15) is 4.79 Å². The van der Waals surface area contributed by atoms with Gasteiger partial charge in [-0.3, -0.25) is 9.48 Å².